The van der Waals surface area contributed by atoms with Crippen molar-refractivity contribution in [2.75, 3.05) is 5.75 Å². The van der Waals surface area contributed by atoms with Gasteiger partial charge in [0.1, 0.15) is 11.9 Å². The Bertz CT molecular complexity index is 738. The lowest BCUT2D eigenvalue weighted by Crippen LogP contribution is -2.33. The van der Waals surface area contributed by atoms with E-state index < -0.39 is 5.91 Å². The summed E-state index contributed by atoms with van der Waals surface area (Å²) < 4.78 is 3.36. The van der Waals surface area contributed by atoms with Crippen LogP contribution in [-0.2, 0) is 19.6 Å². The van der Waals surface area contributed by atoms with E-state index in [1.807, 2.05) is 11.5 Å². The van der Waals surface area contributed by atoms with Crippen molar-refractivity contribution in [3.63, 3.8) is 0 Å². The number of nitrogens with one attached hydrogen (secondary N) is 1. The molecule has 1 N–H and O–H groups in total. The molecule has 0 aromatic carbocycles. The minimum atomic E-state index is -0.439. The van der Waals surface area contributed by atoms with E-state index in [4.69, 9.17) is 0 Å². The summed E-state index contributed by atoms with van der Waals surface area (Å²) in [5, 5.41) is 11.1. The molecule has 21 heavy (non-hydrogen) atoms. The average molecular weight is 306 g/mol. The maximum atomic E-state index is 12.2. The van der Waals surface area contributed by atoms with Crippen LogP contribution >= 0.6 is 11.8 Å². The Kier molecular flexibility index (Phi) is 3.74. The van der Waals surface area contributed by atoms with E-state index >= 15 is 0 Å². The summed E-state index contributed by atoms with van der Waals surface area (Å²) in [6, 6.07) is 0. The van der Waals surface area contributed by atoms with Crippen LogP contribution in [0.2, 0.25) is 0 Å². The van der Waals surface area contributed by atoms with E-state index in [-0.39, 0.29) is 17.7 Å². The van der Waals surface area contributed by atoms with E-state index in [1.54, 1.807) is 6.33 Å². The van der Waals surface area contributed by atoms with E-state index in [2.05, 4.69) is 20.5 Å². The minimum Gasteiger partial charge on any atom is -0.345 e. The van der Waals surface area contributed by atoms with Crippen LogP contribution < -0.4 is 10.9 Å². The number of hydrogen-bond donors (Lipinski definition) is 1. The molecule has 1 aliphatic heterocycles. The summed E-state index contributed by atoms with van der Waals surface area (Å²) in [4.78, 5) is 28.5. The van der Waals surface area contributed by atoms with Gasteiger partial charge < -0.3 is 9.88 Å². The van der Waals surface area contributed by atoms with E-state index in [0.717, 1.165) is 12.3 Å². The number of thioether (sulfide) groups is 1. The van der Waals surface area contributed by atoms with Crippen LogP contribution in [0.1, 0.15) is 23.1 Å². The predicted molar refractivity (Wildman–Crippen MR) is 76.1 cm³/mol. The molecule has 3 heterocycles. The summed E-state index contributed by atoms with van der Waals surface area (Å²) in [7, 11) is 0. The van der Waals surface area contributed by atoms with Crippen LogP contribution in [0.4, 0.5) is 0 Å². The van der Waals surface area contributed by atoms with Crippen molar-refractivity contribution in [1.82, 2.24) is 29.6 Å². The largest absolute Gasteiger partial charge is 0.345 e. The first-order valence-electron chi connectivity index (χ1n) is 6.58. The van der Waals surface area contributed by atoms with Gasteiger partial charge in [0.25, 0.3) is 11.5 Å². The Morgan fingerprint density at radius 2 is 2.38 bits per heavy atom. The fraction of sp³-hybridized carbons (Fsp3) is 0.417. The minimum absolute atomic E-state index is 0.0591. The van der Waals surface area contributed by atoms with Crippen molar-refractivity contribution in [2.45, 2.75) is 31.7 Å². The zero-order valence-electron chi connectivity index (χ0n) is 11.4. The number of rotatable bonds is 4. The molecule has 9 heteroatoms. The molecule has 0 saturated carbocycles. The van der Waals surface area contributed by atoms with Gasteiger partial charge in [0.05, 0.1) is 6.54 Å². The number of carbonyl (C=O) groups excluding carboxylic acids is 1. The Morgan fingerprint density at radius 1 is 1.52 bits per heavy atom. The Labute approximate surface area is 124 Å². The van der Waals surface area contributed by atoms with Gasteiger partial charge in [0.15, 0.2) is 11.0 Å². The second-order valence-electron chi connectivity index (χ2n) is 4.48. The Balaban J connectivity index is 1.76. The number of aromatic nitrogens is 5. The molecule has 1 aliphatic rings. The van der Waals surface area contributed by atoms with Crippen molar-refractivity contribution < 1.29 is 4.79 Å². The molecule has 2 aromatic heterocycles. The van der Waals surface area contributed by atoms with Crippen molar-refractivity contribution in [1.29, 1.82) is 0 Å². The highest BCUT2D eigenvalue weighted by Crippen LogP contribution is 2.20. The molecular formula is C12H14N6O2S. The summed E-state index contributed by atoms with van der Waals surface area (Å²) in [5.74, 6) is 1.02. The Morgan fingerprint density at radius 3 is 3.19 bits per heavy atom. The molecule has 8 nitrogen and oxygen atoms in total. The number of nitrogens with zero attached hydrogens (tertiary/aromatic N) is 5. The Hall–Kier alpha value is -2.16. The quantitative estimate of drug-likeness (QED) is 0.792. The molecule has 0 aliphatic carbocycles. The molecule has 0 fully saturated rings. The average Bonchev–Trinajstić information content (AvgIpc) is 3.13. The van der Waals surface area contributed by atoms with Crippen LogP contribution in [0.5, 0.6) is 0 Å². The molecule has 3 rings (SSSR count). The van der Waals surface area contributed by atoms with Crippen molar-refractivity contribution in [2.24, 2.45) is 0 Å². The number of carbonyl (C=O) groups is 1. The summed E-state index contributed by atoms with van der Waals surface area (Å²) >= 11 is 1.52. The van der Waals surface area contributed by atoms with Gasteiger partial charge in [-0.15, -0.1) is 10.2 Å². The van der Waals surface area contributed by atoms with Crippen LogP contribution in [0.25, 0.3) is 0 Å². The molecule has 1 amide bonds. The SMILES string of the molecule is CCn1cnnc1CNC(=O)c1cnc2n(c1=O)CCS2. The lowest BCUT2D eigenvalue weighted by molar-refractivity contribution is 0.0946. The standard InChI is InChI=1S/C12H14N6O2S/c1-2-17-7-15-16-9(17)6-13-10(19)8-5-14-12-18(11(8)20)3-4-21-12/h5,7H,2-4,6H2,1H3,(H,13,19). The lowest BCUT2D eigenvalue weighted by atomic mass is 10.3. The van der Waals surface area contributed by atoms with Crippen LogP contribution in [0.3, 0.4) is 0 Å². The highest BCUT2D eigenvalue weighted by Gasteiger charge is 2.20. The van der Waals surface area contributed by atoms with Gasteiger partial charge in [-0.3, -0.25) is 14.2 Å². The van der Waals surface area contributed by atoms with Gasteiger partial charge in [-0.1, -0.05) is 11.8 Å². The fourth-order valence-corrected chi connectivity index (χ4v) is 3.02. The van der Waals surface area contributed by atoms with Crippen molar-refractivity contribution in [3.05, 3.63) is 34.3 Å². The molecule has 0 spiro atoms. The first-order valence-corrected chi connectivity index (χ1v) is 7.56. The third-order valence-corrected chi connectivity index (χ3v) is 4.22. The third kappa shape index (κ3) is 2.56. The summed E-state index contributed by atoms with van der Waals surface area (Å²) in [6.07, 6.45) is 2.94. The van der Waals surface area contributed by atoms with E-state index in [1.165, 1.54) is 22.5 Å². The molecule has 0 radical (unpaired) electrons. The molecular weight excluding hydrogens is 292 g/mol. The van der Waals surface area contributed by atoms with Gasteiger partial charge in [-0.2, -0.15) is 0 Å². The van der Waals surface area contributed by atoms with Crippen molar-refractivity contribution >= 4 is 17.7 Å². The first-order chi connectivity index (χ1) is 10.2. The highest BCUT2D eigenvalue weighted by molar-refractivity contribution is 7.99. The van der Waals surface area contributed by atoms with E-state index in [0.29, 0.717) is 17.5 Å². The fourth-order valence-electron chi connectivity index (χ4n) is 2.11. The second-order valence-corrected chi connectivity index (χ2v) is 5.54. The molecule has 0 atom stereocenters. The van der Waals surface area contributed by atoms with Gasteiger partial charge >= 0.3 is 0 Å². The van der Waals surface area contributed by atoms with Crippen molar-refractivity contribution in [3.8, 4) is 0 Å². The van der Waals surface area contributed by atoms with E-state index in [9.17, 15) is 9.59 Å². The van der Waals surface area contributed by atoms with Crippen LogP contribution in [0, 0.1) is 0 Å². The van der Waals surface area contributed by atoms with Crippen LogP contribution in [0.15, 0.2) is 22.5 Å². The molecule has 0 saturated heterocycles. The normalized spacial score (nSPS) is 13.2. The van der Waals surface area contributed by atoms with Gasteiger partial charge in [0.2, 0.25) is 0 Å². The summed E-state index contributed by atoms with van der Waals surface area (Å²) in [6.45, 7) is 3.50. The molecule has 2 aromatic rings. The third-order valence-electron chi connectivity index (χ3n) is 3.24. The zero-order valence-corrected chi connectivity index (χ0v) is 12.3. The maximum absolute atomic E-state index is 12.2. The van der Waals surface area contributed by atoms with Crippen LogP contribution in [-0.4, -0.2) is 36.0 Å². The zero-order chi connectivity index (χ0) is 14.8. The predicted octanol–water partition coefficient (Wildman–Crippen LogP) is -0.110. The summed E-state index contributed by atoms with van der Waals surface area (Å²) in [5.41, 5.74) is -0.233. The molecule has 0 unspecified atom stereocenters. The monoisotopic (exact) mass is 306 g/mol. The number of fused-ring (bicyclic) bond motifs is 1. The van der Waals surface area contributed by atoms with Gasteiger partial charge in [-0.05, 0) is 6.92 Å². The topological polar surface area (TPSA) is 94.7 Å². The smallest absolute Gasteiger partial charge is 0.267 e. The number of amides is 1. The second kappa shape index (κ2) is 5.68. The lowest BCUT2D eigenvalue weighted by Gasteiger charge is -2.07. The first kappa shape index (κ1) is 13.8. The number of hydrogen-bond acceptors (Lipinski definition) is 6. The molecule has 110 valence electrons. The van der Waals surface area contributed by atoms with Gasteiger partial charge in [0, 0.05) is 25.0 Å². The molecule has 0 bridgehead atoms. The maximum Gasteiger partial charge on any atom is 0.267 e. The van der Waals surface area contributed by atoms with Gasteiger partial charge in [-0.25, -0.2) is 4.98 Å². The number of aryl methyl sites for hydroxylation is 1. The highest BCUT2D eigenvalue weighted by atomic mass is 32.2.